The molecule has 1 aromatic rings. The second-order valence-electron chi connectivity index (χ2n) is 7.11. The first-order valence-electron chi connectivity index (χ1n) is 9.64. The van der Waals surface area contributed by atoms with Crippen LogP contribution in [0, 0.1) is 0 Å². The number of nitrogens with zero attached hydrogens (tertiary/aromatic N) is 2. The Balaban J connectivity index is 0.00000261. The van der Waals surface area contributed by atoms with Gasteiger partial charge in [-0.15, -0.1) is 24.0 Å². The van der Waals surface area contributed by atoms with Gasteiger partial charge < -0.3 is 20.3 Å². The summed E-state index contributed by atoms with van der Waals surface area (Å²) in [6.07, 6.45) is 4.49. The Labute approximate surface area is 179 Å². The number of hydrogen-bond acceptors (Lipinski definition) is 3. The Morgan fingerprint density at radius 3 is 2.70 bits per heavy atom. The van der Waals surface area contributed by atoms with Crippen molar-refractivity contribution in [2.75, 3.05) is 20.1 Å². The number of hydrogen-bond donors (Lipinski definition) is 2. The summed E-state index contributed by atoms with van der Waals surface area (Å²) >= 11 is 0. The summed E-state index contributed by atoms with van der Waals surface area (Å²) in [4.78, 5) is 18.7. The molecule has 2 heterocycles. The molecule has 2 fully saturated rings. The number of ether oxygens (including phenoxy) is 1. The molecular formula is C20H31IN4O2. The van der Waals surface area contributed by atoms with Crippen LogP contribution in [0.4, 0.5) is 0 Å². The molecule has 3 unspecified atom stereocenters. The summed E-state index contributed by atoms with van der Waals surface area (Å²) in [6.45, 7) is 3.96. The Kier molecular flexibility index (Phi) is 8.82. The lowest BCUT2D eigenvalue weighted by molar-refractivity contribution is -0.130. The molecule has 1 amide bonds. The van der Waals surface area contributed by atoms with Crippen LogP contribution in [0.1, 0.15) is 38.2 Å². The van der Waals surface area contributed by atoms with Gasteiger partial charge in [-0.1, -0.05) is 30.3 Å². The predicted octanol–water partition coefficient (Wildman–Crippen LogP) is 2.53. The van der Waals surface area contributed by atoms with Crippen LogP contribution in [0.25, 0.3) is 0 Å². The van der Waals surface area contributed by atoms with Crippen LogP contribution in [0.15, 0.2) is 35.3 Å². The van der Waals surface area contributed by atoms with E-state index >= 15 is 0 Å². The molecule has 0 radical (unpaired) electrons. The zero-order valence-corrected chi connectivity index (χ0v) is 18.5. The van der Waals surface area contributed by atoms with Gasteiger partial charge in [0.05, 0.1) is 24.8 Å². The van der Waals surface area contributed by atoms with Gasteiger partial charge in [0.15, 0.2) is 5.96 Å². The van der Waals surface area contributed by atoms with Crippen LogP contribution in [-0.4, -0.2) is 55.2 Å². The number of carbonyl (C=O) groups excluding carboxylic acids is 1. The zero-order valence-electron chi connectivity index (χ0n) is 16.2. The molecule has 0 aromatic heterocycles. The van der Waals surface area contributed by atoms with E-state index in [1.54, 1.807) is 4.90 Å². The monoisotopic (exact) mass is 486 g/mol. The Bertz CT molecular complexity index is 626. The molecule has 2 aliphatic heterocycles. The molecule has 6 nitrogen and oxygen atoms in total. The van der Waals surface area contributed by atoms with Crippen LogP contribution < -0.4 is 10.6 Å². The molecule has 0 saturated carbocycles. The van der Waals surface area contributed by atoms with Crippen molar-refractivity contribution in [2.45, 2.75) is 57.4 Å². The number of nitrogens with one attached hydrogen (secondary N) is 2. The molecule has 2 aliphatic rings. The van der Waals surface area contributed by atoms with Crippen molar-refractivity contribution in [3.8, 4) is 0 Å². The molecule has 2 N–H and O–H groups in total. The van der Waals surface area contributed by atoms with E-state index in [9.17, 15) is 4.79 Å². The molecule has 0 spiro atoms. The number of halogens is 1. The average Bonchev–Trinajstić information content (AvgIpc) is 3.25. The molecule has 3 atom stereocenters. The summed E-state index contributed by atoms with van der Waals surface area (Å²) < 4.78 is 5.89. The fraction of sp³-hybridized carbons (Fsp3) is 0.600. The predicted molar refractivity (Wildman–Crippen MR) is 118 cm³/mol. The number of aliphatic imine (C=N–C) groups is 1. The highest BCUT2D eigenvalue weighted by Gasteiger charge is 2.41. The van der Waals surface area contributed by atoms with Crippen LogP contribution in [0.3, 0.4) is 0 Å². The third-order valence-corrected chi connectivity index (χ3v) is 5.06. The van der Waals surface area contributed by atoms with Gasteiger partial charge >= 0.3 is 0 Å². The molecule has 150 valence electrons. The number of rotatable bonds is 7. The van der Waals surface area contributed by atoms with Crippen molar-refractivity contribution in [3.63, 3.8) is 0 Å². The third kappa shape index (κ3) is 6.34. The Morgan fingerprint density at radius 2 is 2.07 bits per heavy atom. The highest BCUT2D eigenvalue weighted by Crippen LogP contribution is 2.34. The fourth-order valence-corrected chi connectivity index (χ4v) is 3.69. The topological polar surface area (TPSA) is 66.0 Å². The van der Waals surface area contributed by atoms with E-state index in [0.29, 0.717) is 37.8 Å². The summed E-state index contributed by atoms with van der Waals surface area (Å²) in [5.74, 6) is 0.892. The minimum Gasteiger partial charge on any atom is -0.373 e. The first-order chi connectivity index (χ1) is 12.7. The van der Waals surface area contributed by atoms with Gasteiger partial charge in [-0.2, -0.15) is 0 Å². The number of amides is 1. The first kappa shape index (κ1) is 21.9. The summed E-state index contributed by atoms with van der Waals surface area (Å²) in [5, 5.41) is 6.75. The van der Waals surface area contributed by atoms with Crippen molar-refractivity contribution in [1.29, 1.82) is 0 Å². The maximum Gasteiger partial charge on any atom is 0.224 e. The van der Waals surface area contributed by atoms with E-state index in [-0.39, 0.29) is 29.9 Å². The lowest BCUT2D eigenvalue weighted by atomic mass is 9.96. The summed E-state index contributed by atoms with van der Waals surface area (Å²) in [5.41, 5.74) is 1.14. The van der Waals surface area contributed by atoms with Gasteiger partial charge in [-0.25, -0.2) is 0 Å². The fourth-order valence-electron chi connectivity index (χ4n) is 3.69. The Hall–Kier alpha value is -1.35. The number of carbonyl (C=O) groups is 1. The zero-order chi connectivity index (χ0) is 18.4. The first-order valence-corrected chi connectivity index (χ1v) is 9.64. The van der Waals surface area contributed by atoms with Gasteiger partial charge in [0.2, 0.25) is 5.91 Å². The van der Waals surface area contributed by atoms with Gasteiger partial charge in [-0.3, -0.25) is 9.79 Å². The molecule has 3 rings (SSSR count). The van der Waals surface area contributed by atoms with Crippen molar-refractivity contribution < 1.29 is 9.53 Å². The highest BCUT2D eigenvalue weighted by atomic mass is 127. The van der Waals surface area contributed by atoms with Gasteiger partial charge in [0, 0.05) is 26.6 Å². The minimum absolute atomic E-state index is 0. The van der Waals surface area contributed by atoms with E-state index in [4.69, 9.17) is 4.74 Å². The lowest BCUT2D eigenvalue weighted by Gasteiger charge is -2.22. The quantitative estimate of drug-likeness (QED) is 0.353. The molecule has 2 bridgehead atoms. The number of guanidine groups is 1. The van der Waals surface area contributed by atoms with Crippen molar-refractivity contribution in [3.05, 3.63) is 35.9 Å². The number of fused-ring (bicyclic) bond motifs is 2. The molecular weight excluding hydrogens is 455 g/mol. The molecule has 0 aliphatic carbocycles. The summed E-state index contributed by atoms with van der Waals surface area (Å²) in [6, 6.07) is 10.4. The van der Waals surface area contributed by atoms with Crippen molar-refractivity contribution >= 4 is 35.8 Å². The van der Waals surface area contributed by atoms with E-state index in [1.165, 1.54) is 6.42 Å². The van der Waals surface area contributed by atoms with E-state index in [0.717, 1.165) is 30.9 Å². The van der Waals surface area contributed by atoms with E-state index in [2.05, 4.69) is 15.6 Å². The average molecular weight is 486 g/mol. The van der Waals surface area contributed by atoms with E-state index in [1.807, 2.05) is 44.3 Å². The third-order valence-electron chi connectivity index (χ3n) is 5.06. The summed E-state index contributed by atoms with van der Waals surface area (Å²) in [7, 11) is 1.84. The molecule has 7 heteroatoms. The lowest BCUT2D eigenvalue weighted by Crippen LogP contribution is -2.47. The largest absolute Gasteiger partial charge is 0.373 e. The maximum atomic E-state index is 12.3. The van der Waals surface area contributed by atoms with Gasteiger partial charge in [0.1, 0.15) is 0 Å². The molecule has 27 heavy (non-hydrogen) atoms. The van der Waals surface area contributed by atoms with Gasteiger partial charge in [0.25, 0.3) is 0 Å². The molecule has 1 aromatic carbocycles. The van der Waals surface area contributed by atoms with E-state index < -0.39 is 0 Å². The molecule has 2 saturated heterocycles. The Morgan fingerprint density at radius 1 is 1.30 bits per heavy atom. The standard InChI is InChI=1S/C20H30N4O2.HI/c1-3-21-20(23-17-13-16-9-10-18(17)26-16)22-12-11-19(25)24(2)14-15-7-5-4-6-8-15;/h4-8,16-18H,3,9-14H2,1-2H3,(H2,21,22,23);1H. The SMILES string of the molecule is CCNC(=NCCC(=O)N(C)Cc1ccccc1)NC1CC2CCC1O2.I. The van der Waals surface area contributed by atoms with Crippen LogP contribution in [0.2, 0.25) is 0 Å². The second-order valence-corrected chi connectivity index (χ2v) is 7.11. The second kappa shape index (κ2) is 10.8. The van der Waals surface area contributed by atoms with Crippen LogP contribution in [-0.2, 0) is 16.1 Å². The maximum absolute atomic E-state index is 12.3. The highest BCUT2D eigenvalue weighted by molar-refractivity contribution is 14.0. The normalized spacial score (nSPS) is 23.6. The van der Waals surface area contributed by atoms with Crippen molar-refractivity contribution in [1.82, 2.24) is 15.5 Å². The smallest absolute Gasteiger partial charge is 0.224 e. The number of benzene rings is 1. The minimum atomic E-state index is 0. The van der Waals surface area contributed by atoms with Crippen LogP contribution >= 0.6 is 24.0 Å². The van der Waals surface area contributed by atoms with Crippen molar-refractivity contribution in [2.24, 2.45) is 4.99 Å². The van der Waals surface area contributed by atoms with Gasteiger partial charge in [-0.05, 0) is 31.7 Å². The van der Waals surface area contributed by atoms with Crippen LogP contribution in [0.5, 0.6) is 0 Å².